The number of rotatable bonds is 4. The van der Waals surface area contributed by atoms with Crippen LogP contribution in [-0.2, 0) is 4.79 Å². The quantitative estimate of drug-likeness (QED) is 0.817. The van der Waals surface area contributed by atoms with E-state index in [0.29, 0.717) is 13.0 Å². The predicted octanol–water partition coefficient (Wildman–Crippen LogP) is 1.16. The highest BCUT2D eigenvalue weighted by atomic mass is 35.5. The molecule has 3 heterocycles. The topological polar surface area (TPSA) is 92.2 Å². The van der Waals surface area contributed by atoms with Gasteiger partial charge in [0.25, 0.3) is 5.91 Å². The molecule has 0 spiro atoms. The summed E-state index contributed by atoms with van der Waals surface area (Å²) in [6.07, 6.45) is 4.21. The van der Waals surface area contributed by atoms with Gasteiger partial charge in [-0.3, -0.25) is 9.59 Å². The van der Waals surface area contributed by atoms with Gasteiger partial charge in [-0.1, -0.05) is 23.4 Å². The van der Waals surface area contributed by atoms with Crippen LogP contribution in [0.2, 0.25) is 0 Å². The van der Waals surface area contributed by atoms with Crippen molar-refractivity contribution in [2.75, 3.05) is 24.5 Å². The van der Waals surface area contributed by atoms with Crippen LogP contribution in [0.3, 0.4) is 0 Å². The molecule has 0 radical (unpaired) electrons. The lowest BCUT2D eigenvalue weighted by molar-refractivity contribution is -0.118. The molecule has 2 N–H and O–H groups in total. The van der Waals surface area contributed by atoms with E-state index < -0.39 is 6.04 Å². The Balaban J connectivity index is 0.00000210. The highest BCUT2D eigenvalue weighted by molar-refractivity contribution is 6.03. The number of hydrogen-bond donors (Lipinski definition) is 2. The van der Waals surface area contributed by atoms with Crippen molar-refractivity contribution in [2.45, 2.75) is 31.3 Å². The molecule has 1 aromatic heterocycles. The van der Waals surface area contributed by atoms with E-state index in [-0.39, 0.29) is 36.0 Å². The zero-order chi connectivity index (χ0) is 17.9. The summed E-state index contributed by atoms with van der Waals surface area (Å²) < 4.78 is 1.77. The summed E-state index contributed by atoms with van der Waals surface area (Å²) in [4.78, 5) is 26.8. The van der Waals surface area contributed by atoms with Crippen LogP contribution in [0.4, 0.5) is 5.69 Å². The number of aromatic nitrogens is 3. The number of anilines is 1. The molecular formula is C18H23ClN6O2. The molecular weight excluding hydrogens is 368 g/mol. The molecule has 0 aliphatic carbocycles. The Kier molecular flexibility index (Phi) is 6.08. The van der Waals surface area contributed by atoms with Crippen LogP contribution in [-0.4, -0.2) is 52.5 Å². The molecule has 2 saturated heterocycles. The van der Waals surface area contributed by atoms with E-state index in [9.17, 15) is 9.59 Å². The molecule has 0 saturated carbocycles. The molecule has 8 nitrogen and oxygen atoms in total. The van der Waals surface area contributed by atoms with E-state index in [1.54, 1.807) is 15.8 Å². The molecule has 144 valence electrons. The van der Waals surface area contributed by atoms with E-state index in [4.69, 9.17) is 0 Å². The number of nitrogens with zero attached hydrogens (tertiary/aromatic N) is 4. The highest BCUT2D eigenvalue weighted by Gasteiger charge is 2.34. The predicted molar refractivity (Wildman–Crippen MR) is 103 cm³/mol. The van der Waals surface area contributed by atoms with Gasteiger partial charge in [0.05, 0.1) is 12.2 Å². The number of carbonyl (C=O) groups excluding carboxylic acids is 2. The first-order valence-corrected chi connectivity index (χ1v) is 9.02. The SMILES string of the molecule is Cl.O=C(NC1CCN(c2ccccc2)C1=O)c1cn(C2CCNCC2)nn1. The molecule has 0 bridgehead atoms. The molecule has 2 aromatic rings. The number of para-hydroxylation sites is 1. The fourth-order valence-corrected chi connectivity index (χ4v) is 3.54. The summed E-state index contributed by atoms with van der Waals surface area (Å²) in [7, 11) is 0. The van der Waals surface area contributed by atoms with Crippen LogP contribution >= 0.6 is 12.4 Å². The maximum absolute atomic E-state index is 12.6. The van der Waals surface area contributed by atoms with Crippen molar-refractivity contribution in [2.24, 2.45) is 0 Å². The zero-order valence-corrected chi connectivity index (χ0v) is 15.7. The number of piperidine rings is 1. The smallest absolute Gasteiger partial charge is 0.274 e. The molecule has 9 heteroatoms. The second kappa shape index (κ2) is 8.49. The van der Waals surface area contributed by atoms with Gasteiger partial charge in [0.2, 0.25) is 5.91 Å². The average Bonchev–Trinajstić information content (AvgIpc) is 3.31. The normalized spacial score (nSPS) is 20.4. The van der Waals surface area contributed by atoms with Gasteiger partial charge in [0.1, 0.15) is 6.04 Å². The van der Waals surface area contributed by atoms with Crippen LogP contribution in [0.5, 0.6) is 0 Å². The van der Waals surface area contributed by atoms with Gasteiger partial charge >= 0.3 is 0 Å². The molecule has 1 unspecified atom stereocenters. The third-order valence-electron chi connectivity index (χ3n) is 5.00. The van der Waals surface area contributed by atoms with Crippen LogP contribution in [0, 0.1) is 0 Å². The first-order chi connectivity index (χ1) is 12.7. The van der Waals surface area contributed by atoms with Gasteiger partial charge in [0, 0.05) is 12.2 Å². The molecule has 2 aliphatic rings. The van der Waals surface area contributed by atoms with Gasteiger partial charge in [0.15, 0.2) is 5.69 Å². The Morgan fingerprint density at radius 1 is 1.15 bits per heavy atom. The van der Waals surface area contributed by atoms with Gasteiger partial charge in [-0.2, -0.15) is 0 Å². The standard InChI is InChI=1S/C18H22N6O2.ClH/c25-17(16-12-24(22-21-16)14-6-9-19-10-7-14)20-15-8-11-23(18(15)26)13-4-2-1-3-5-13;/h1-5,12,14-15,19H,6-11H2,(H,20,25);1H. The minimum atomic E-state index is -0.522. The molecule has 1 aromatic carbocycles. The number of halogens is 1. The molecule has 4 rings (SSSR count). The summed E-state index contributed by atoms with van der Waals surface area (Å²) >= 11 is 0. The van der Waals surface area contributed by atoms with Crippen molar-refractivity contribution >= 4 is 29.9 Å². The molecule has 27 heavy (non-hydrogen) atoms. The Morgan fingerprint density at radius 3 is 2.63 bits per heavy atom. The van der Waals surface area contributed by atoms with Gasteiger partial charge in [-0.25, -0.2) is 4.68 Å². The van der Waals surface area contributed by atoms with Gasteiger partial charge in [-0.15, -0.1) is 17.5 Å². The van der Waals surface area contributed by atoms with Crippen molar-refractivity contribution in [3.8, 4) is 0 Å². The second-order valence-electron chi connectivity index (χ2n) is 6.71. The first kappa shape index (κ1) is 19.3. The van der Waals surface area contributed by atoms with Gasteiger partial charge < -0.3 is 15.5 Å². The van der Waals surface area contributed by atoms with Crippen molar-refractivity contribution < 1.29 is 9.59 Å². The van der Waals surface area contributed by atoms with E-state index in [1.165, 1.54) is 0 Å². The molecule has 1 atom stereocenters. The summed E-state index contributed by atoms with van der Waals surface area (Å²) in [5.41, 5.74) is 1.11. The number of carbonyl (C=O) groups is 2. The fourth-order valence-electron chi connectivity index (χ4n) is 3.54. The van der Waals surface area contributed by atoms with E-state index in [0.717, 1.165) is 31.6 Å². The number of nitrogens with one attached hydrogen (secondary N) is 2. The monoisotopic (exact) mass is 390 g/mol. The zero-order valence-electron chi connectivity index (χ0n) is 14.9. The Morgan fingerprint density at radius 2 is 1.89 bits per heavy atom. The average molecular weight is 391 g/mol. The van der Waals surface area contributed by atoms with Crippen LogP contribution in [0.1, 0.15) is 35.8 Å². The lowest BCUT2D eigenvalue weighted by atomic mass is 10.1. The van der Waals surface area contributed by atoms with E-state index >= 15 is 0 Å². The summed E-state index contributed by atoms with van der Waals surface area (Å²) in [5, 5.41) is 14.2. The lowest BCUT2D eigenvalue weighted by Crippen LogP contribution is -2.41. The number of benzene rings is 1. The maximum atomic E-state index is 12.6. The van der Waals surface area contributed by atoms with Crippen molar-refractivity contribution in [1.82, 2.24) is 25.6 Å². The van der Waals surface area contributed by atoms with Crippen molar-refractivity contribution in [3.63, 3.8) is 0 Å². The minimum absolute atomic E-state index is 0. The summed E-state index contributed by atoms with van der Waals surface area (Å²) in [6.45, 7) is 2.48. The first-order valence-electron chi connectivity index (χ1n) is 9.02. The van der Waals surface area contributed by atoms with Crippen LogP contribution < -0.4 is 15.5 Å². The van der Waals surface area contributed by atoms with Crippen molar-refractivity contribution in [3.05, 3.63) is 42.2 Å². The number of hydrogen-bond acceptors (Lipinski definition) is 5. The Labute approximate surface area is 163 Å². The number of amides is 2. The highest BCUT2D eigenvalue weighted by Crippen LogP contribution is 2.21. The minimum Gasteiger partial charge on any atom is -0.339 e. The molecule has 2 fully saturated rings. The maximum Gasteiger partial charge on any atom is 0.274 e. The molecule has 2 aliphatic heterocycles. The van der Waals surface area contributed by atoms with E-state index in [2.05, 4.69) is 20.9 Å². The Bertz CT molecular complexity index is 790. The molecule has 2 amide bonds. The third kappa shape index (κ3) is 4.12. The third-order valence-corrected chi connectivity index (χ3v) is 5.00. The Hall–Kier alpha value is -2.45. The largest absolute Gasteiger partial charge is 0.339 e. The summed E-state index contributed by atoms with van der Waals surface area (Å²) in [6, 6.07) is 9.24. The van der Waals surface area contributed by atoms with Crippen molar-refractivity contribution in [1.29, 1.82) is 0 Å². The summed E-state index contributed by atoms with van der Waals surface area (Å²) in [5.74, 6) is -0.436. The van der Waals surface area contributed by atoms with E-state index in [1.807, 2.05) is 30.3 Å². The second-order valence-corrected chi connectivity index (χ2v) is 6.71. The van der Waals surface area contributed by atoms with Crippen LogP contribution in [0.25, 0.3) is 0 Å². The van der Waals surface area contributed by atoms with Gasteiger partial charge in [-0.05, 0) is 44.5 Å². The lowest BCUT2D eigenvalue weighted by Gasteiger charge is -2.22. The van der Waals surface area contributed by atoms with Crippen LogP contribution in [0.15, 0.2) is 36.5 Å². The fraction of sp³-hybridized carbons (Fsp3) is 0.444.